The summed E-state index contributed by atoms with van der Waals surface area (Å²) in [5.74, 6) is 0.119. The third-order valence-electron chi connectivity index (χ3n) is 5.12. The third kappa shape index (κ3) is 4.72. The van der Waals surface area contributed by atoms with Crippen molar-refractivity contribution in [2.45, 2.75) is 31.7 Å². The Labute approximate surface area is 182 Å². The van der Waals surface area contributed by atoms with E-state index in [2.05, 4.69) is 15.1 Å². The summed E-state index contributed by atoms with van der Waals surface area (Å²) in [6, 6.07) is 12.3. The number of amides is 1. The normalized spacial score (nSPS) is 12.3. The fourth-order valence-corrected chi connectivity index (χ4v) is 4.56. The van der Waals surface area contributed by atoms with Crippen LogP contribution >= 0.6 is 0 Å². The number of ether oxygens (including phenoxy) is 1. The number of sulfonamides is 1. The largest absolute Gasteiger partial charge is 0.495 e. The number of nitrogens with one attached hydrogen (secondary N) is 2. The molecule has 1 unspecified atom stereocenters. The molecule has 2 N–H and O–H groups in total. The van der Waals surface area contributed by atoms with E-state index in [1.807, 2.05) is 27.8 Å². The van der Waals surface area contributed by atoms with Crippen molar-refractivity contribution in [2.75, 3.05) is 11.8 Å². The number of methoxy groups -OCH3 is 1. The van der Waals surface area contributed by atoms with E-state index in [1.165, 1.54) is 31.4 Å². The number of aromatic nitrogens is 2. The van der Waals surface area contributed by atoms with Gasteiger partial charge in [0.25, 0.3) is 15.9 Å². The number of nitrogens with zero attached hydrogens (tertiary/aromatic N) is 2. The second kappa shape index (κ2) is 8.81. The van der Waals surface area contributed by atoms with Gasteiger partial charge >= 0.3 is 0 Å². The van der Waals surface area contributed by atoms with Crippen molar-refractivity contribution < 1.29 is 17.9 Å². The zero-order valence-corrected chi connectivity index (χ0v) is 18.9. The van der Waals surface area contributed by atoms with Crippen molar-refractivity contribution in [3.8, 4) is 5.75 Å². The van der Waals surface area contributed by atoms with Gasteiger partial charge in [0.05, 0.1) is 29.4 Å². The van der Waals surface area contributed by atoms with Crippen molar-refractivity contribution in [3.63, 3.8) is 0 Å². The minimum atomic E-state index is -3.84. The number of benzene rings is 2. The van der Waals surface area contributed by atoms with Crippen molar-refractivity contribution >= 4 is 21.6 Å². The summed E-state index contributed by atoms with van der Waals surface area (Å²) < 4.78 is 34.9. The van der Waals surface area contributed by atoms with Gasteiger partial charge < -0.3 is 10.1 Å². The zero-order chi connectivity index (χ0) is 22.8. The first-order chi connectivity index (χ1) is 14.6. The first-order valence-corrected chi connectivity index (χ1v) is 11.2. The molecule has 0 spiro atoms. The summed E-state index contributed by atoms with van der Waals surface area (Å²) in [6.07, 6.45) is 0. The Bertz CT molecular complexity index is 1200. The van der Waals surface area contributed by atoms with E-state index < -0.39 is 10.0 Å². The Morgan fingerprint density at radius 1 is 1.10 bits per heavy atom. The summed E-state index contributed by atoms with van der Waals surface area (Å²) in [4.78, 5) is 12.7. The Morgan fingerprint density at radius 2 is 1.74 bits per heavy atom. The van der Waals surface area contributed by atoms with Crippen molar-refractivity contribution in [1.29, 1.82) is 0 Å². The molecule has 1 atom stereocenters. The third-order valence-corrected chi connectivity index (χ3v) is 6.51. The van der Waals surface area contributed by atoms with E-state index in [4.69, 9.17) is 4.74 Å². The molecule has 3 rings (SSSR count). The summed E-state index contributed by atoms with van der Waals surface area (Å²) in [5, 5.41) is 7.33. The van der Waals surface area contributed by atoms with Gasteiger partial charge in [0.15, 0.2) is 0 Å². The average Bonchev–Trinajstić information content (AvgIpc) is 2.99. The van der Waals surface area contributed by atoms with E-state index in [-0.39, 0.29) is 16.8 Å². The molecule has 31 heavy (non-hydrogen) atoms. The molecule has 0 bridgehead atoms. The average molecular weight is 443 g/mol. The van der Waals surface area contributed by atoms with Crippen LogP contribution in [0.3, 0.4) is 0 Å². The van der Waals surface area contributed by atoms with Gasteiger partial charge in [-0.2, -0.15) is 5.10 Å². The summed E-state index contributed by atoms with van der Waals surface area (Å²) in [6.45, 7) is 5.75. The molecule has 0 aliphatic carbocycles. The van der Waals surface area contributed by atoms with E-state index in [0.717, 1.165) is 17.0 Å². The van der Waals surface area contributed by atoms with Crippen molar-refractivity contribution in [3.05, 3.63) is 71.0 Å². The Morgan fingerprint density at radius 3 is 2.32 bits per heavy atom. The van der Waals surface area contributed by atoms with Crippen LogP contribution in [0.2, 0.25) is 0 Å². The number of anilines is 1. The highest BCUT2D eigenvalue weighted by molar-refractivity contribution is 7.92. The molecule has 1 aromatic heterocycles. The molecule has 1 amide bonds. The summed E-state index contributed by atoms with van der Waals surface area (Å²) in [7, 11) is -0.508. The Kier molecular flexibility index (Phi) is 6.35. The molecule has 0 aliphatic heterocycles. The molecule has 1 heterocycles. The summed E-state index contributed by atoms with van der Waals surface area (Å²) in [5.41, 5.74) is 3.51. The SMILES string of the molecule is COc1ccccc1NS(=O)(=O)c1ccc(C(=O)NC(C)c2c(C)nn(C)c2C)cc1. The fraction of sp³-hybridized carbons (Fsp3) is 0.273. The van der Waals surface area contributed by atoms with Crippen LogP contribution in [-0.2, 0) is 17.1 Å². The highest BCUT2D eigenvalue weighted by Crippen LogP contribution is 2.26. The molecule has 164 valence electrons. The molecule has 0 radical (unpaired) electrons. The number of aryl methyl sites for hydroxylation is 2. The van der Waals surface area contributed by atoms with Crippen molar-refractivity contribution in [1.82, 2.24) is 15.1 Å². The number of hydrogen-bond donors (Lipinski definition) is 2. The van der Waals surface area contributed by atoms with Gasteiger partial charge in [-0.1, -0.05) is 12.1 Å². The quantitative estimate of drug-likeness (QED) is 0.584. The monoisotopic (exact) mass is 442 g/mol. The molecule has 0 saturated carbocycles. The predicted octanol–water partition coefficient (Wildman–Crippen LogP) is 3.34. The number of rotatable bonds is 7. The first kappa shape index (κ1) is 22.4. The first-order valence-electron chi connectivity index (χ1n) is 9.71. The fourth-order valence-electron chi connectivity index (χ4n) is 3.49. The maximum absolute atomic E-state index is 12.7. The van der Waals surface area contributed by atoms with E-state index in [0.29, 0.717) is 17.0 Å². The van der Waals surface area contributed by atoms with E-state index in [1.54, 1.807) is 28.9 Å². The number of carbonyl (C=O) groups is 1. The molecule has 3 aromatic rings. The van der Waals surface area contributed by atoms with Crippen LogP contribution in [0.1, 0.15) is 40.3 Å². The molecular formula is C22H26N4O4S. The lowest BCUT2D eigenvalue weighted by Gasteiger charge is -2.15. The minimum Gasteiger partial charge on any atom is -0.495 e. The molecule has 9 heteroatoms. The molecule has 8 nitrogen and oxygen atoms in total. The lowest BCUT2D eigenvalue weighted by molar-refractivity contribution is 0.0939. The maximum Gasteiger partial charge on any atom is 0.262 e. The molecule has 0 fully saturated rings. The molecular weight excluding hydrogens is 416 g/mol. The van der Waals surface area contributed by atoms with E-state index in [9.17, 15) is 13.2 Å². The van der Waals surface area contributed by atoms with E-state index >= 15 is 0 Å². The van der Waals surface area contributed by atoms with Crippen LogP contribution in [-0.4, -0.2) is 31.2 Å². The van der Waals surface area contributed by atoms with Gasteiger partial charge in [0.2, 0.25) is 0 Å². The lowest BCUT2D eigenvalue weighted by atomic mass is 10.1. The summed E-state index contributed by atoms with van der Waals surface area (Å²) >= 11 is 0. The molecule has 2 aromatic carbocycles. The van der Waals surface area contributed by atoms with Gasteiger partial charge in [0, 0.05) is 23.9 Å². The lowest BCUT2D eigenvalue weighted by Crippen LogP contribution is -2.27. The number of para-hydroxylation sites is 2. The molecule has 0 aliphatic rings. The van der Waals surface area contributed by atoms with Gasteiger partial charge in [-0.05, 0) is 57.2 Å². The standard InChI is InChI=1S/C22H26N4O4S/c1-14(21-15(2)24-26(4)16(21)3)23-22(27)17-10-12-18(13-11-17)31(28,29)25-19-8-6-7-9-20(19)30-5/h6-14,25H,1-5H3,(H,23,27). The maximum atomic E-state index is 12.7. The van der Waals surface area contributed by atoms with Gasteiger partial charge in [-0.15, -0.1) is 0 Å². The van der Waals surface area contributed by atoms with Gasteiger partial charge in [0.1, 0.15) is 5.75 Å². The Hall–Kier alpha value is -3.33. The smallest absolute Gasteiger partial charge is 0.262 e. The highest BCUT2D eigenvalue weighted by Gasteiger charge is 2.20. The topological polar surface area (TPSA) is 102 Å². The van der Waals surface area contributed by atoms with Crippen LogP contribution in [0.15, 0.2) is 53.4 Å². The Balaban J connectivity index is 1.75. The van der Waals surface area contributed by atoms with Gasteiger partial charge in [-0.3, -0.25) is 14.2 Å². The van der Waals surface area contributed by atoms with Crippen LogP contribution in [0.4, 0.5) is 5.69 Å². The number of carbonyl (C=O) groups excluding carboxylic acids is 1. The number of hydrogen-bond acceptors (Lipinski definition) is 5. The second-order valence-electron chi connectivity index (χ2n) is 7.23. The van der Waals surface area contributed by atoms with Crippen LogP contribution in [0.25, 0.3) is 0 Å². The van der Waals surface area contributed by atoms with Crippen LogP contribution in [0, 0.1) is 13.8 Å². The van der Waals surface area contributed by atoms with Gasteiger partial charge in [-0.25, -0.2) is 8.42 Å². The predicted molar refractivity (Wildman–Crippen MR) is 119 cm³/mol. The zero-order valence-electron chi connectivity index (χ0n) is 18.1. The van der Waals surface area contributed by atoms with Crippen LogP contribution in [0.5, 0.6) is 5.75 Å². The molecule has 0 saturated heterocycles. The van der Waals surface area contributed by atoms with Crippen molar-refractivity contribution in [2.24, 2.45) is 7.05 Å². The highest BCUT2D eigenvalue weighted by atomic mass is 32.2. The van der Waals surface area contributed by atoms with Crippen LogP contribution < -0.4 is 14.8 Å². The second-order valence-corrected chi connectivity index (χ2v) is 8.92. The minimum absolute atomic E-state index is 0.0435.